The summed E-state index contributed by atoms with van der Waals surface area (Å²) in [5.41, 5.74) is 0.472. The first-order valence-electron chi connectivity index (χ1n) is 11.1. The topological polar surface area (TPSA) is 32.3 Å². The van der Waals surface area contributed by atoms with Crippen LogP contribution in [0.3, 0.4) is 0 Å². The van der Waals surface area contributed by atoms with Crippen molar-refractivity contribution < 1.29 is 4.79 Å². The van der Waals surface area contributed by atoms with Gasteiger partial charge in [0.1, 0.15) is 0 Å². The molecule has 3 atom stereocenters. The largest absolute Gasteiger partial charge is 0.342 e. The lowest BCUT2D eigenvalue weighted by Gasteiger charge is -2.62. The fraction of sp³-hybridized carbons (Fsp3) is 0.955. The lowest BCUT2D eigenvalue weighted by Crippen LogP contribution is -2.67. The molecule has 0 bridgehead atoms. The van der Waals surface area contributed by atoms with Crippen molar-refractivity contribution in [1.29, 1.82) is 0 Å². The van der Waals surface area contributed by atoms with E-state index in [1.807, 2.05) is 0 Å². The molecule has 4 aliphatic rings. The van der Waals surface area contributed by atoms with Crippen molar-refractivity contribution >= 4 is 5.91 Å². The molecule has 1 saturated heterocycles. The van der Waals surface area contributed by atoms with Gasteiger partial charge in [-0.3, -0.25) is 4.79 Å². The van der Waals surface area contributed by atoms with Gasteiger partial charge in [0.05, 0.1) is 0 Å². The van der Waals surface area contributed by atoms with Crippen LogP contribution >= 0.6 is 0 Å². The Balaban J connectivity index is 1.27. The van der Waals surface area contributed by atoms with E-state index in [1.165, 1.54) is 44.9 Å². The molecule has 0 spiro atoms. The maximum absolute atomic E-state index is 12.7. The van der Waals surface area contributed by atoms with Gasteiger partial charge in [-0.2, -0.15) is 0 Å². The van der Waals surface area contributed by atoms with Crippen molar-refractivity contribution in [3.05, 3.63) is 0 Å². The van der Waals surface area contributed by atoms with E-state index in [2.05, 4.69) is 24.1 Å². The highest BCUT2D eigenvalue weighted by Crippen LogP contribution is 2.57. The highest BCUT2D eigenvalue weighted by Gasteiger charge is 2.56. The Labute approximate surface area is 154 Å². The van der Waals surface area contributed by atoms with Gasteiger partial charge in [-0.05, 0) is 55.8 Å². The zero-order valence-electron chi connectivity index (χ0n) is 16.4. The molecule has 3 saturated carbocycles. The first kappa shape index (κ1) is 17.8. The molecule has 4 fully saturated rings. The average Bonchev–Trinajstić information content (AvgIpc) is 2.67. The van der Waals surface area contributed by atoms with E-state index >= 15 is 0 Å². The maximum Gasteiger partial charge on any atom is 0.225 e. The minimum absolute atomic E-state index is 0.340. The molecule has 1 unspecified atom stereocenters. The van der Waals surface area contributed by atoms with Gasteiger partial charge in [-0.15, -0.1) is 0 Å². The van der Waals surface area contributed by atoms with Gasteiger partial charge >= 0.3 is 0 Å². The number of carbonyl (C=O) groups is 1. The highest BCUT2D eigenvalue weighted by molar-refractivity contribution is 5.79. The molecular weight excluding hydrogens is 308 g/mol. The molecule has 0 radical (unpaired) electrons. The number of nitrogens with zero attached hydrogens (tertiary/aromatic N) is 1. The summed E-state index contributed by atoms with van der Waals surface area (Å²) in [6.45, 7) is 6.93. The minimum Gasteiger partial charge on any atom is -0.342 e. The number of rotatable bonds is 3. The second-order valence-corrected chi connectivity index (χ2v) is 9.96. The Kier molecular flexibility index (Phi) is 5.14. The van der Waals surface area contributed by atoms with Crippen LogP contribution in [0.15, 0.2) is 0 Å². The van der Waals surface area contributed by atoms with Crippen LogP contribution in [0.2, 0.25) is 0 Å². The first-order chi connectivity index (χ1) is 12.1. The number of nitrogens with one attached hydrogen (secondary N) is 1. The lowest BCUT2D eigenvalue weighted by molar-refractivity contribution is -0.138. The summed E-state index contributed by atoms with van der Waals surface area (Å²) in [5.74, 6) is 2.68. The van der Waals surface area contributed by atoms with Crippen molar-refractivity contribution in [3.63, 3.8) is 0 Å². The summed E-state index contributed by atoms with van der Waals surface area (Å²) in [5, 5.41) is 4.05. The Morgan fingerprint density at radius 2 is 1.52 bits per heavy atom. The summed E-state index contributed by atoms with van der Waals surface area (Å²) in [6, 6.07) is 1.34. The molecule has 0 aromatic heterocycles. The van der Waals surface area contributed by atoms with Gasteiger partial charge in [-0.1, -0.05) is 46.0 Å². The van der Waals surface area contributed by atoms with E-state index in [4.69, 9.17) is 0 Å². The Morgan fingerprint density at radius 1 is 0.880 bits per heavy atom. The number of piperidine rings is 1. The van der Waals surface area contributed by atoms with Gasteiger partial charge in [0.25, 0.3) is 0 Å². The summed E-state index contributed by atoms with van der Waals surface area (Å²) < 4.78 is 0. The van der Waals surface area contributed by atoms with Crippen LogP contribution in [0.1, 0.15) is 84.5 Å². The van der Waals surface area contributed by atoms with Gasteiger partial charge in [0.15, 0.2) is 0 Å². The molecular formula is C22H38N2O. The highest BCUT2D eigenvalue weighted by atomic mass is 16.2. The smallest absolute Gasteiger partial charge is 0.225 e. The Morgan fingerprint density at radius 3 is 2.24 bits per heavy atom. The molecule has 25 heavy (non-hydrogen) atoms. The third kappa shape index (κ3) is 3.38. The summed E-state index contributed by atoms with van der Waals surface area (Å²) in [7, 11) is 0. The average molecular weight is 347 g/mol. The predicted octanol–water partition coefficient (Wildman–Crippen LogP) is 4.36. The van der Waals surface area contributed by atoms with Gasteiger partial charge in [0.2, 0.25) is 5.91 Å². The van der Waals surface area contributed by atoms with Crippen LogP contribution in [0.25, 0.3) is 0 Å². The molecule has 1 amide bonds. The number of carbonyl (C=O) groups excluding carboxylic acids is 1. The molecule has 3 heteroatoms. The summed E-state index contributed by atoms with van der Waals surface area (Å²) in [6.07, 6.45) is 14.2. The monoisotopic (exact) mass is 346 g/mol. The van der Waals surface area contributed by atoms with Crippen molar-refractivity contribution in [3.8, 4) is 0 Å². The molecule has 4 rings (SSSR count). The molecule has 142 valence electrons. The second kappa shape index (κ2) is 7.21. The molecule has 1 aliphatic heterocycles. The zero-order chi connectivity index (χ0) is 17.4. The number of amides is 1. The minimum atomic E-state index is 0.340. The van der Waals surface area contributed by atoms with E-state index in [9.17, 15) is 4.79 Å². The number of fused-ring (bicyclic) bond motifs is 1. The molecule has 1 N–H and O–H groups in total. The zero-order valence-corrected chi connectivity index (χ0v) is 16.4. The van der Waals surface area contributed by atoms with E-state index in [1.54, 1.807) is 0 Å². The SMILES string of the molecule is CC1(C)C(NC2CCN(C(=O)C3CCCCC3)CC2)[C@@H]2CCCC[C@@H]21. The van der Waals surface area contributed by atoms with Gasteiger partial charge in [0, 0.05) is 31.1 Å². The number of hydrogen-bond donors (Lipinski definition) is 1. The maximum atomic E-state index is 12.7. The second-order valence-electron chi connectivity index (χ2n) is 9.96. The predicted molar refractivity (Wildman–Crippen MR) is 102 cm³/mol. The summed E-state index contributed by atoms with van der Waals surface area (Å²) >= 11 is 0. The van der Waals surface area contributed by atoms with Gasteiger partial charge < -0.3 is 10.2 Å². The van der Waals surface area contributed by atoms with Crippen LogP contribution in [-0.4, -0.2) is 36.0 Å². The number of hydrogen-bond acceptors (Lipinski definition) is 2. The molecule has 3 nitrogen and oxygen atoms in total. The lowest BCUT2D eigenvalue weighted by atomic mass is 9.47. The van der Waals surface area contributed by atoms with Gasteiger partial charge in [-0.25, -0.2) is 0 Å². The third-order valence-electron chi connectivity index (χ3n) is 8.18. The third-order valence-corrected chi connectivity index (χ3v) is 8.18. The summed E-state index contributed by atoms with van der Waals surface area (Å²) in [4.78, 5) is 14.9. The fourth-order valence-electron chi connectivity index (χ4n) is 6.61. The molecule has 1 heterocycles. The van der Waals surface area contributed by atoms with Crippen LogP contribution in [0.4, 0.5) is 0 Å². The van der Waals surface area contributed by atoms with Crippen LogP contribution in [-0.2, 0) is 4.79 Å². The molecule has 0 aromatic rings. The Bertz CT molecular complexity index is 474. The van der Waals surface area contributed by atoms with Crippen LogP contribution in [0, 0.1) is 23.2 Å². The Hall–Kier alpha value is -0.570. The van der Waals surface area contributed by atoms with Crippen molar-refractivity contribution in [2.75, 3.05) is 13.1 Å². The van der Waals surface area contributed by atoms with E-state index in [0.717, 1.165) is 50.6 Å². The van der Waals surface area contributed by atoms with Crippen molar-refractivity contribution in [1.82, 2.24) is 10.2 Å². The van der Waals surface area contributed by atoms with Crippen molar-refractivity contribution in [2.24, 2.45) is 23.2 Å². The molecule has 3 aliphatic carbocycles. The van der Waals surface area contributed by atoms with Crippen LogP contribution < -0.4 is 5.32 Å². The van der Waals surface area contributed by atoms with Crippen LogP contribution in [0.5, 0.6) is 0 Å². The quantitative estimate of drug-likeness (QED) is 0.823. The van der Waals surface area contributed by atoms with E-state index in [0.29, 0.717) is 29.3 Å². The van der Waals surface area contributed by atoms with E-state index in [-0.39, 0.29) is 0 Å². The standard InChI is InChI=1S/C22H38N2O/c1-22(2)19-11-7-6-10-18(19)20(22)23-17-12-14-24(15-13-17)21(25)16-8-4-3-5-9-16/h16-20,23H,3-15H2,1-2H3/t18-,19+,20?/m1/s1. The fourth-order valence-corrected chi connectivity index (χ4v) is 6.61. The number of likely N-dealkylation sites (tertiary alicyclic amines) is 1. The van der Waals surface area contributed by atoms with Crippen molar-refractivity contribution in [2.45, 2.75) is 96.6 Å². The first-order valence-corrected chi connectivity index (χ1v) is 11.1. The van der Waals surface area contributed by atoms with E-state index < -0.39 is 0 Å². The normalized spacial score (nSPS) is 36.6. The molecule has 0 aromatic carbocycles.